The zero-order valence-corrected chi connectivity index (χ0v) is 9.28. The molecule has 0 radical (unpaired) electrons. The second-order valence-corrected chi connectivity index (χ2v) is 3.61. The van der Waals surface area contributed by atoms with Gasteiger partial charge in [-0.15, -0.1) is 0 Å². The third-order valence-corrected chi connectivity index (χ3v) is 2.41. The average molecular weight is 239 g/mol. The van der Waals surface area contributed by atoms with Crippen LogP contribution in [0.1, 0.15) is 0 Å². The number of para-hydroxylation sites is 1. The third kappa shape index (κ3) is 1.67. The summed E-state index contributed by atoms with van der Waals surface area (Å²) in [6.07, 6.45) is 3.24. The lowest BCUT2D eigenvalue weighted by molar-refractivity contribution is 1.09. The van der Waals surface area contributed by atoms with Crippen LogP contribution >= 0.6 is 0 Å². The molecule has 0 unspecified atom stereocenters. The van der Waals surface area contributed by atoms with Gasteiger partial charge in [-0.05, 0) is 12.1 Å². The Kier molecular flexibility index (Phi) is 2.23. The maximum Gasteiger partial charge on any atom is 0.225 e. The molecule has 0 aliphatic carbocycles. The first-order chi connectivity index (χ1) is 8.74. The summed E-state index contributed by atoms with van der Waals surface area (Å²) in [6, 6.07) is 5.55. The minimum atomic E-state index is 0.0818. The standard InChI is InChI=1S/C11H9N7/c12-10-16-9(17-11(13)18-10)6-2-1-3-7-8(6)15-5-4-14-7/h1-5H,(H4,12,13,16,17,18). The number of hydrogen-bond acceptors (Lipinski definition) is 7. The van der Waals surface area contributed by atoms with E-state index < -0.39 is 0 Å². The molecule has 0 saturated heterocycles. The lowest BCUT2D eigenvalue weighted by Gasteiger charge is -2.04. The molecule has 18 heavy (non-hydrogen) atoms. The van der Waals surface area contributed by atoms with Gasteiger partial charge < -0.3 is 11.5 Å². The van der Waals surface area contributed by atoms with Crippen LogP contribution in [0.25, 0.3) is 22.4 Å². The molecule has 3 rings (SSSR count). The number of hydrogen-bond donors (Lipinski definition) is 2. The quantitative estimate of drug-likeness (QED) is 0.640. The molecule has 4 N–H and O–H groups in total. The molecule has 1 aromatic carbocycles. The van der Waals surface area contributed by atoms with E-state index >= 15 is 0 Å². The summed E-state index contributed by atoms with van der Waals surface area (Å²) < 4.78 is 0. The number of rotatable bonds is 1. The maximum atomic E-state index is 5.56. The van der Waals surface area contributed by atoms with Gasteiger partial charge in [0.15, 0.2) is 5.82 Å². The van der Waals surface area contributed by atoms with Crippen LogP contribution in [0.5, 0.6) is 0 Å². The van der Waals surface area contributed by atoms with Gasteiger partial charge in [-0.2, -0.15) is 15.0 Å². The monoisotopic (exact) mass is 239 g/mol. The van der Waals surface area contributed by atoms with E-state index in [0.717, 1.165) is 11.1 Å². The Hall–Kier alpha value is -2.83. The number of benzene rings is 1. The predicted molar refractivity (Wildman–Crippen MR) is 67.2 cm³/mol. The van der Waals surface area contributed by atoms with E-state index in [1.807, 2.05) is 18.2 Å². The van der Waals surface area contributed by atoms with Crippen LogP contribution in [-0.4, -0.2) is 24.9 Å². The van der Waals surface area contributed by atoms with Gasteiger partial charge in [0.25, 0.3) is 0 Å². The van der Waals surface area contributed by atoms with Crippen LogP contribution in [0.2, 0.25) is 0 Å². The van der Waals surface area contributed by atoms with Crippen molar-refractivity contribution in [1.29, 1.82) is 0 Å². The molecular weight excluding hydrogens is 230 g/mol. The summed E-state index contributed by atoms with van der Waals surface area (Å²) in [6.45, 7) is 0. The first kappa shape index (κ1) is 10.3. The van der Waals surface area contributed by atoms with Gasteiger partial charge in [0, 0.05) is 18.0 Å². The van der Waals surface area contributed by atoms with Gasteiger partial charge in [0.1, 0.15) is 0 Å². The molecular formula is C11H9N7. The van der Waals surface area contributed by atoms with Crippen molar-refractivity contribution in [1.82, 2.24) is 24.9 Å². The Labute approximate surface area is 102 Å². The van der Waals surface area contributed by atoms with Crippen molar-refractivity contribution >= 4 is 22.9 Å². The molecule has 0 spiro atoms. The summed E-state index contributed by atoms with van der Waals surface area (Å²) in [4.78, 5) is 20.3. The van der Waals surface area contributed by atoms with Gasteiger partial charge in [0.2, 0.25) is 11.9 Å². The first-order valence-electron chi connectivity index (χ1n) is 5.21. The summed E-state index contributed by atoms with van der Waals surface area (Å²) in [5.41, 5.74) is 13.3. The van der Waals surface area contributed by atoms with Crippen molar-refractivity contribution < 1.29 is 0 Å². The highest BCUT2D eigenvalue weighted by atomic mass is 15.1. The fourth-order valence-electron chi connectivity index (χ4n) is 1.70. The van der Waals surface area contributed by atoms with Crippen LogP contribution < -0.4 is 11.5 Å². The molecule has 0 bridgehead atoms. The highest BCUT2D eigenvalue weighted by Crippen LogP contribution is 2.23. The molecule has 0 aliphatic heterocycles. The van der Waals surface area contributed by atoms with Crippen LogP contribution in [0.4, 0.5) is 11.9 Å². The minimum absolute atomic E-state index is 0.0818. The van der Waals surface area contributed by atoms with Crippen LogP contribution in [0.15, 0.2) is 30.6 Å². The molecule has 88 valence electrons. The number of aromatic nitrogens is 5. The Balaban J connectivity index is 2.31. The Morgan fingerprint density at radius 3 is 2.33 bits per heavy atom. The predicted octanol–water partition coefficient (Wildman–Crippen LogP) is 0.646. The van der Waals surface area contributed by atoms with E-state index in [2.05, 4.69) is 24.9 Å². The fourth-order valence-corrected chi connectivity index (χ4v) is 1.70. The van der Waals surface area contributed by atoms with E-state index in [4.69, 9.17) is 11.5 Å². The number of nitrogens with zero attached hydrogens (tertiary/aromatic N) is 5. The number of nitrogens with two attached hydrogens (primary N) is 2. The van der Waals surface area contributed by atoms with Crippen molar-refractivity contribution in [3.63, 3.8) is 0 Å². The summed E-state index contributed by atoms with van der Waals surface area (Å²) in [5, 5.41) is 0. The lowest BCUT2D eigenvalue weighted by Crippen LogP contribution is -2.04. The molecule has 0 amide bonds. The van der Waals surface area contributed by atoms with E-state index in [-0.39, 0.29) is 11.9 Å². The summed E-state index contributed by atoms with van der Waals surface area (Å²) >= 11 is 0. The van der Waals surface area contributed by atoms with Crippen molar-refractivity contribution in [2.45, 2.75) is 0 Å². The van der Waals surface area contributed by atoms with Crippen molar-refractivity contribution in [2.75, 3.05) is 11.5 Å². The smallest absolute Gasteiger partial charge is 0.225 e. The Morgan fingerprint density at radius 2 is 1.56 bits per heavy atom. The highest BCUT2D eigenvalue weighted by molar-refractivity contribution is 5.89. The molecule has 0 saturated carbocycles. The number of nitrogen functional groups attached to an aromatic ring is 2. The van der Waals surface area contributed by atoms with Gasteiger partial charge in [0.05, 0.1) is 11.0 Å². The Bertz CT molecular complexity index is 700. The fraction of sp³-hybridized carbons (Fsp3) is 0. The molecule has 3 aromatic rings. The van der Waals surface area contributed by atoms with Crippen LogP contribution in [-0.2, 0) is 0 Å². The van der Waals surface area contributed by atoms with E-state index in [0.29, 0.717) is 11.3 Å². The third-order valence-electron chi connectivity index (χ3n) is 2.41. The molecule has 2 aromatic heterocycles. The van der Waals surface area contributed by atoms with E-state index in [1.165, 1.54) is 0 Å². The van der Waals surface area contributed by atoms with Crippen molar-refractivity contribution in [3.8, 4) is 11.4 Å². The van der Waals surface area contributed by atoms with Crippen LogP contribution in [0, 0.1) is 0 Å². The van der Waals surface area contributed by atoms with Crippen LogP contribution in [0.3, 0.4) is 0 Å². The van der Waals surface area contributed by atoms with E-state index in [1.54, 1.807) is 12.4 Å². The van der Waals surface area contributed by atoms with Gasteiger partial charge in [-0.1, -0.05) is 6.07 Å². The normalized spacial score (nSPS) is 10.7. The highest BCUT2D eigenvalue weighted by Gasteiger charge is 2.10. The zero-order valence-electron chi connectivity index (χ0n) is 9.28. The van der Waals surface area contributed by atoms with Crippen molar-refractivity contribution in [2.24, 2.45) is 0 Å². The second-order valence-electron chi connectivity index (χ2n) is 3.61. The molecule has 0 aliphatic rings. The topological polar surface area (TPSA) is 116 Å². The summed E-state index contributed by atoms with van der Waals surface area (Å²) in [5.74, 6) is 0.558. The molecule has 7 heteroatoms. The molecule has 0 atom stereocenters. The Morgan fingerprint density at radius 1 is 0.833 bits per heavy atom. The van der Waals surface area contributed by atoms with Gasteiger partial charge in [-0.3, -0.25) is 9.97 Å². The molecule has 2 heterocycles. The summed E-state index contributed by atoms with van der Waals surface area (Å²) in [7, 11) is 0. The maximum absolute atomic E-state index is 5.56. The molecule has 0 fully saturated rings. The number of fused-ring (bicyclic) bond motifs is 1. The SMILES string of the molecule is Nc1nc(N)nc(-c2cccc3nccnc23)n1. The zero-order chi connectivity index (χ0) is 12.5. The van der Waals surface area contributed by atoms with Crippen molar-refractivity contribution in [3.05, 3.63) is 30.6 Å². The average Bonchev–Trinajstić information content (AvgIpc) is 2.37. The second kappa shape index (κ2) is 3.88. The largest absolute Gasteiger partial charge is 0.368 e. The van der Waals surface area contributed by atoms with Gasteiger partial charge in [-0.25, -0.2) is 0 Å². The molecule has 7 nitrogen and oxygen atoms in total. The number of anilines is 2. The van der Waals surface area contributed by atoms with Gasteiger partial charge >= 0.3 is 0 Å². The first-order valence-corrected chi connectivity index (χ1v) is 5.21. The van der Waals surface area contributed by atoms with E-state index in [9.17, 15) is 0 Å². The minimum Gasteiger partial charge on any atom is -0.368 e. The lowest BCUT2D eigenvalue weighted by atomic mass is 10.1.